The van der Waals surface area contributed by atoms with Crippen LogP contribution in [0.1, 0.15) is 0 Å². The van der Waals surface area contributed by atoms with Gasteiger partial charge in [0.05, 0.1) is 23.4 Å². The lowest BCUT2D eigenvalue weighted by molar-refractivity contribution is 0.389. The van der Waals surface area contributed by atoms with Crippen molar-refractivity contribution in [2.75, 3.05) is 7.11 Å². The SMILES string of the molecule is COc1ccc2nc3oc4ccccc4c(=O)c3cc2c1F. The summed E-state index contributed by atoms with van der Waals surface area (Å²) in [6.07, 6.45) is 0. The Morgan fingerprint density at radius 1 is 1.09 bits per heavy atom. The van der Waals surface area contributed by atoms with Crippen LogP contribution in [0.5, 0.6) is 5.75 Å². The molecule has 4 aromatic rings. The van der Waals surface area contributed by atoms with E-state index in [9.17, 15) is 9.18 Å². The number of para-hydroxylation sites is 1. The van der Waals surface area contributed by atoms with Gasteiger partial charge >= 0.3 is 0 Å². The highest BCUT2D eigenvalue weighted by molar-refractivity contribution is 5.95. The van der Waals surface area contributed by atoms with E-state index < -0.39 is 5.82 Å². The maximum Gasteiger partial charge on any atom is 0.231 e. The number of ether oxygens (including phenoxy) is 1. The second-order valence-electron chi connectivity index (χ2n) is 4.92. The van der Waals surface area contributed by atoms with Gasteiger partial charge in [-0.25, -0.2) is 9.37 Å². The fourth-order valence-corrected chi connectivity index (χ4v) is 2.56. The molecule has 0 saturated heterocycles. The summed E-state index contributed by atoms with van der Waals surface area (Å²) >= 11 is 0. The molecule has 0 radical (unpaired) electrons. The second kappa shape index (κ2) is 4.53. The van der Waals surface area contributed by atoms with Crippen LogP contribution in [0.2, 0.25) is 0 Å². The summed E-state index contributed by atoms with van der Waals surface area (Å²) in [6.45, 7) is 0. The molecule has 0 aliphatic rings. The van der Waals surface area contributed by atoms with Crippen molar-refractivity contribution in [3.05, 3.63) is 58.5 Å². The van der Waals surface area contributed by atoms with Crippen LogP contribution in [0.15, 0.2) is 51.7 Å². The van der Waals surface area contributed by atoms with Gasteiger partial charge < -0.3 is 9.15 Å². The molecule has 0 amide bonds. The van der Waals surface area contributed by atoms with Gasteiger partial charge in [0.1, 0.15) is 5.58 Å². The number of fused-ring (bicyclic) bond motifs is 3. The third kappa shape index (κ3) is 1.69. The number of hydrogen-bond donors (Lipinski definition) is 0. The van der Waals surface area contributed by atoms with Gasteiger partial charge in [-0.05, 0) is 30.3 Å². The molecule has 0 bridgehead atoms. The minimum absolute atomic E-state index is 0.110. The highest BCUT2D eigenvalue weighted by Gasteiger charge is 2.14. The quantitative estimate of drug-likeness (QED) is 0.503. The number of nitrogens with zero attached hydrogens (tertiary/aromatic N) is 1. The topological polar surface area (TPSA) is 52.3 Å². The normalized spacial score (nSPS) is 11.4. The lowest BCUT2D eigenvalue weighted by Crippen LogP contribution is -2.03. The summed E-state index contributed by atoms with van der Waals surface area (Å²) in [4.78, 5) is 16.8. The molecule has 0 saturated carbocycles. The molecule has 0 aliphatic carbocycles. The van der Waals surface area contributed by atoms with Crippen LogP contribution in [0.25, 0.3) is 33.0 Å². The number of benzene rings is 2. The highest BCUT2D eigenvalue weighted by atomic mass is 19.1. The van der Waals surface area contributed by atoms with Crippen molar-refractivity contribution in [2.24, 2.45) is 0 Å². The molecule has 2 aromatic carbocycles. The Kier molecular flexibility index (Phi) is 2.63. The van der Waals surface area contributed by atoms with Crippen LogP contribution in [-0.2, 0) is 0 Å². The molecule has 108 valence electrons. The molecule has 5 heteroatoms. The van der Waals surface area contributed by atoms with Gasteiger partial charge in [0.25, 0.3) is 0 Å². The predicted molar refractivity (Wildman–Crippen MR) is 81.8 cm³/mol. The molecular weight excluding hydrogens is 285 g/mol. The van der Waals surface area contributed by atoms with Crippen molar-refractivity contribution >= 4 is 33.0 Å². The van der Waals surface area contributed by atoms with Crippen LogP contribution < -0.4 is 10.2 Å². The summed E-state index contributed by atoms with van der Waals surface area (Å²) in [5, 5.41) is 0.923. The number of pyridine rings is 1. The summed E-state index contributed by atoms with van der Waals surface area (Å²) in [5.74, 6) is -0.430. The predicted octanol–water partition coefficient (Wildman–Crippen LogP) is 3.64. The van der Waals surface area contributed by atoms with E-state index >= 15 is 0 Å². The zero-order chi connectivity index (χ0) is 15.3. The first kappa shape index (κ1) is 12.8. The monoisotopic (exact) mass is 295 g/mol. The molecule has 0 N–H and O–H groups in total. The van der Waals surface area contributed by atoms with Crippen LogP contribution >= 0.6 is 0 Å². The Morgan fingerprint density at radius 2 is 1.91 bits per heavy atom. The average Bonchev–Trinajstić information content (AvgIpc) is 2.54. The molecule has 0 atom stereocenters. The minimum atomic E-state index is -0.540. The molecule has 2 heterocycles. The lowest BCUT2D eigenvalue weighted by atomic mass is 10.1. The van der Waals surface area contributed by atoms with Crippen molar-refractivity contribution in [3.8, 4) is 5.75 Å². The third-order valence-electron chi connectivity index (χ3n) is 3.67. The first-order valence-corrected chi connectivity index (χ1v) is 6.68. The number of halogens is 1. The first-order valence-electron chi connectivity index (χ1n) is 6.68. The Labute approximate surface area is 123 Å². The van der Waals surface area contributed by atoms with E-state index in [-0.39, 0.29) is 27.7 Å². The van der Waals surface area contributed by atoms with E-state index in [0.717, 1.165) is 0 Å². The molecule has 4 rings (SSSR count). The number of methoxy groups -OCH3 is 1. The molecular formula is C17H10FNO3. The van der Waals surface area contributed by atoms with Crippen molar-refractivity contribution in [1.82, 2.24) is 4.98 Å². The van der Waals surface area contributed by atoms with Crippen LogP contribution in [0, 0.1) is 5.82 Å². The van der Waals surface area contributed by atoms with Crippen molar-refractivity contribution < 1.29 is 13.5 Å². The molecule has 4 nitrogen and oxygen atoms in total. The Hall–Kier alpha value is -2.95. The van der Waals surface area contributed by atoms with Gasteiger partial charge in [-0.15, -0.1) is 0 Å². The molecule has 22 heavy (non-hydrogen) atoms. The maximum atomic E-state index is 14.3. The van der Waals surface area contributed by atoms with Gasteiger partial charge in [0.15, 0.2) is 11.6 Å². The maximum absolute atomic E-state index is 14.3. The first-order chi connectivity index (χ1) is 10.7. The van der Waals surface area contributed by atoms with Gasteiger partial charge in [0.2, 0.25) is 11.1 Å². The highest BCUT2D eigenvalue weighted by Crippen LogP contribution is 2.28. The van der Waals surface area contributed by atoms with Gasteiger partial charge in [0, 0.05) is 5.39 Å². The zero-order valence-corrected chi connectivity index (χ0v) is 11.6. The smallest absolute Gasteiger partial charge is 0.231 e. The van der Waals surface area contributed by atoms with E-state index in [2.05, 4.69) is 4.98 Å². The fourth-order valence-electron chi connectivity index (χ4n) is 2.56. The molecule has 2 aromatic heterocycles. The van der Waals surface area contributed by atoms with Crippen LogP contribution in [-0.4, -0.2) is 12.1 Å². The van der Waals surface area contributed by atoms with E-state index in [1.807, 2.05) is 0 Å². The van der Waals surface area contributed by atoms with Crippen molar-refractivity contribution in [2.45, 2.75) is 0 Å². The van der Waals surface area contributed by atoms with E-state index in [1.165, 1.54) is 19.2 Å². The minimum Gasteiger partial charge on any atom is -0.494 e. The standard InChI is InChI=1S/C17H10FNO3/c1-21-14-7-6-12-10(15(14)18)8-11-16(20)9-4-2-3-5-13(9)22-17(11)19-12/h2-8H,1H3. The van der Waals surface area contributed by atoms with Crippen LogP contribution in [0.4, 0.5) is 4.39 Å². The van der Waals surface area contributed by atoms with Gasteiger partial charge in [-0.1, -0.05) is 12.1 Å². The number of rotatable bonds is 1. The largest absolute Gasteiger partial charge is 0.494 e. The van der Waals surface area contributed by atoms with E-state index in [1.54, 1.807) is 30.3 Å². The van der Waals surface area contributed by atoms with E-state index in [0.29, 0.717) is 16.5 Å². The summed E-state index contributed by atoms with van der Waals surface area (Å²) in [6, 6.07) is 11.5. The Morgan fingerprint density at radius 3 is 2.73 bits per heavy atom. The summed E-state index contributed by atoms with van der Waals surface area (Å²) in [5.41, 5.74) is 0.833. The van der Waals surface area contributed by atoms with Gasteiger partial charge in [-0.3, -0.25) is 4.79 Å². The van der Waals surface area contributed by atoms with Crippen LogP contribution in [0.3, 0.4) is 0 Å². The number of hydrogen-bond acceptors (Lipinski definition) is 4. The average molecular weight is 295 g/mol. The Bertz CT molecular complexity index is 1100. The lowest BCUT2D eigenvalue weighted by Gasteiger charge is -2.06. The fraction of sp³-hybridized carbons (Fsp3) is 0.0588. The molecule has 0 spiro atoms. The summed E-state index contributed by atoms with van der Waals surface area (Å²) < 4.78 is 25.0. The molecule has 0 fully saturated rings. The van der Waals surface area contributed by atoms with Crippen molar-refractivity contribution in [3.63, 3.8) is 0 Å². The van der Waals surface area contributed by atoms with Gasteiger partial charge in [-0.2, -0.15) is 0 Å². The third-order valence-corrected chi connectivity index (χ3v) is 3.67. The number of aromatic nitrogens is 1. The van der Waals surface area contributed by atoms with E-state index in [4.69, 9.17) is 9.15 Å². The molecule has 0 unspecified atom stereocenters. The summed E-state index contributed by atoms with van der Waals surface area (Å²) in [7, 11) is 1.39. The zero-order valence-electron chi connectivity index (χ0n) is 11.6. The molecule has 0 aliphatic heterocycles. The van der Waals surface area contributed by atoms with Crippen molar-refractivity contribution in [1.29, 1.82) is 0 Å². The second-order valence-corrected chi connectivity index (χ2v) is 4.92. The Balaban J connectivity index is 2.21.